The molecule has 4 N–H and O–H groups in total. The Morgan fingerprint density at radius 3 is 2.60 bits per heavy atom. The maximum atomic E-state index is 15.0. The highest BCUT2D eigenvalue weighted by atomic mass is 32.2. The Hall–Kier alpha value is -3.91. The van der Waals surface area contributed by atoms with Gasteiger partial charge in [-0.3, -0.25) is 4.99 Å². The molecule has 0 amide bonds. The summed E-state index contributed by atoms with van der Waals surface area (Å²) in [6.45, 7) is 1.89. The molecule has 42 heavy (non-hydrogen) atoms. The molecule has 218 valence electrons. The number of carboxylic acid groups (broad SMARTS) is 1. The van der Waals surface area contributed by atoms with E-state index in [1.54, 1.807) is 29.1 Å². The molecule has 0 radical (unpaired) electrons. The Balaban J connectivity index is 0.00000353. The first-order valence-electron chi connectivity index (χ1n) is 13.0. The van der Waals surface area contributed by atoms with Crippen molar-refractivity contribution in [2.45, 2.75) is 43.9 Å². The fourth-order valence-corrected chi connectivity index (χ4v) is 6.28. The number of benzene rings is 2. The third-order valence-corrected chi connectivity index (χ3v) is 8.92. The van der Waals surface area contributed by atoms with E-state index in [1.807, 2.05) is 6.92 Å². The van der Waals surface area contributed by atoms with Crippen molar-refractivity contribution in [3.05, 3.63) is 87.7 Å². The van der Waals surface area contributed by atoms with Crippen molar-refractivity contribution in [3.63, 3.8) is 0 Å². The zero-order valence-corrected chi connectivity index (χ0v) is 24.1. The van der Waals surface area contributed by atoms with Crippen LogP contribution in [0.5, 0.6) is 0 Å². The van der Waals surface area contributed by atoms with Gasteiger partial charge >= 0.3 is 5.97 Å². The Morgan fingerprint density at radius 2 is 1.98 bits per heavy atom. The zero-order valence-electron chi connectivity index (χ0n) is 22.4. The summed E-state index contributed by atoms with van der Waals surface area (Å²) < 4.78 is 43.2. The van der Waals surface area contributed by atoms with E-state index in [0.29, 0.717) is 46.3 Å². The lowest BCUT2D eigenvalue weighted by atomic mass is 9.94. The predicted octanol–water partition coefficient (Wildman–Crippen LogP) is 5.47. The van der Waals surface area contributed by atoms with Gasteiger partial charge in [-0.2, -0.15) is 5.10 Å². The van der Waals surface area contributed by atoms with Crippen LogP contribution < -0.4 is 5.14 Å². The van der Waals surface area contributed by atoms with Gasteiger partial charge in [0.25, 0.3) is 0 Å². The van der Waals surface area contributed by atoms with Gasteiger partial charge < -0.3 is 10.6 Å². The van der Waals surface area contributed by atoms with E-state index in [4.69, 9.17) is 10.2 Å². The largest absolute Gasteiger partial charge is 0.870 e. The second-order valence-corrected chi connectivity index (χ2v) is 12.3. The second-order valence-electron chi connectivity index (χ2n) is 10.3. The molecule has 4 aromatic rings. The number of rotatable bonds is 9. The molecule has 9 nitrogen and oxygen atoms in total. The standard InChI is InChI=1S/C29H25F2N5O3S2.H2O/c1-15-8-19(13-33-15)20-12-18(5-6-22(20)30)27-21(9-17-4-7-26(41(32)39)23(31)10-17)25(11-16-2-3-16)36(35-27)29-34-24(14-40-29)28(37)38;/h4-7,10,12-14,16H,2-3,8-9,11H2,1H3,(H2,32,39)(H,37,38);1H2. The van der Waals surface area contributed by atoms with Gasteiger partial charge in [0.1, 0.15) is 5.82 Å². The lowest BCUT2D eigenvalue weighted by Crippen LogP contribution is -2.07. The van der Waals surface area contributed by atoms with Gasteiger partial charge in [-0.15, -0.1) is 16.5 Å². The molecule has 1 fully saturated rings. The van der Waals surface area contributed by atoms with E-state index in [-0.39, 0.29) is 28.3 Å². The van der Waals surface area contributed by atoms with E-state index < -0.39 is 22.8 Å². The number of aromatic nitrogens is 3. The van der Waals surface area contributed by atoms with E-state index in [2.05, 4.69) is 9.98 Å². The molecule has 1 saturated carbocycles. The first-order chi connectivity index (χ1) is 19.7. The van der Waals surface area contributed by atoms with Crippen molar-refractivity contribution in [3.8, 4) is 16.4 Å². The molecule has 0 saturated heterocycles. The fourth-order valence-electron chi connectivity index (χ4n) is 5.01. The molecule has 2 aromatic heterocycles. The highest BCUT2D eigenvalue weighted by Crippen LogP contribution is 2.39. The monoisotopic (exact) mass is 611 g/mol. The van der Waals surface area contributed by atoms with Crippen LogP contribution in [0.15, 0.2) is 57.9 Å². The minimum Gasteiger partial charge on any atom is -0.870 e. The van der Waals surface area contributed by atoms with Crippen molar-refractivity contribution < 1.29 is 28.4 Å². The lowest BCUT2D eigenvalue weighted by molar-refractivity contribution is 0.0691. The van der Waals surface area contributed by atoms with Crippen molar-refractivity contribution in [1.29, 1.82) is 0 Å². The summed E-state index contributed by atoms with van der Waals surface area (Å²) in [6, 6.07) is 9.25. The van der Waals surface area contributed by atoms with Crippen molar-refractivity contribution >= 4 is 39.6 Å². The number of halogens is 2. The average Bonchev–Trinajstić information content (AvgIpc) is 3.28. The van der Waals surface area contributed by atoms with Gasteiger partial charge in [-0.1, -0.05) is 10.3 Å². The number of nitrogens with two attached hydrogens (primary N) is 1. The molecular weight excluding hydrogens is 584 g/mol. The van der Waals surface area contributed by atoms with Crippen LogP contribution in [0.4, 0.5) is 8.78 Å². The Bertz CT molecular complexity index is 1790. The Kier molecular flexibility index (Phi) is 8.28. The van der Waals surface area contributed by atoms with Gasteiger partial charge in [0.05, 0.1) is 11.4 Å². The van der Waals surface area contributed by atoms with Crippen molar-refractivity contribution in [2.75, 3.05) is 0 Å². The number of thiol groups is 1. The summed E-state index contributed by atoms with van der Waals surface area (Å²) in [5.41, 5.74) is 5.50. The number of aliphatic imine (C=N–C) groups is 1. The Labute approximate surface area is 246 Å². The normalized spacial score (nSPS) is 15.2. The summed E-state index contributed by atoms with van der Waals surface area (Å²) in [5, 5.41) is 21.7. The lowest BCUT2D eigenvalue weighted by Gasteiger charge is -2.10. The molecule has 0 bridgehead atoms. The van der Waals surface area contributed by atoms with Crippen LogP contribution in [0.25, 0.3) is 22.0 Å². The van der Waals surface area contributed by atoms with Crippen molar-refractivity contribution in [2.24, 2.45) is 16.0 Å². The molecule has 1 atom stereocenters. The van der Waals surface area contributed by atoms with Gasteiger partial charge in [0.15, 0.2) is 22.5 Å². The average molecular weight is 612 g/mol. The van der Waals surface area contributed by atoms with Gasteiger partial charge in [-0.25, -0.2) is 23.2 Å². The summed E-state index contributed by atoms with van der Waals surface area (Å²) >= 11 is 1.17. The highest BCUT2D eigenvalue weighted by Gasteiger charge is 2.30. The number of hydrogen-bond acceptors (Lipinski definition) is 7. The first-order valence-corrected chi connectivity index (χ1v) is 15.2. The first kappa shape index (κ1) is 29.6. The molecule has 1 aliphatic carbocycles. The van der Waals surface area contributed by atoms with Crippen LogP contribution in [0.2, 0.25) is 0 Å². The van der Waals surface area contributed by atoms with Crippen LogP contribution >= 0.6 is 11.3 Å². The molecule has 0 spiro atoms. The van der Waals surface area contributed by atoms with E-state index in [0.717, 1.165) is 35.4 Å². The number of carboxylic acids is 1. The molecule has 1 aliphatic heterocycles. The number of aromatic carboxylic acids is 1. The van der Waals surface area contributed by atoms with Gasteiger partial charge in [0, 0.05) is 46.8 Å². The summed E-state index contributed by atoms with van der Waals surface area (Å²) in [5.74, 6) is -1.72. The van der Waals surface area contributed by atoms with Crippen molar-refractivity contribution in [1.82, 2.24) is 14.8 Å². The number of hydrogen-bond donors (Lipinski definition) is 2. The number of nitrogens with zero attached hydrogens (tertiary/aromatic N) is 4. The molecule has 2 aliphatic rings. The molecule has 3 heterocycles. The van der Waals surface area contributed by atoms with Crippen LogP contribution in [0.1, 0.15) is 59.1 Å². The third-order valence-electron chi connectivity index (χ3n) is 7.26. The van der Waals surface area contributed by atoms with E-state index in [1.165, 1.54) is 34.9 Å². The maximum absolute atomic E-state index is 15.0. The summed E-state index contributed by atoms with van der Waals surface area (Å²) in [7, 11) is -2.33. The van der Waals surface area contributed by atoms with Crippen LogP contribution in [-0.4, -0.2) is 37.0 Å². The van der Waals surface area contributed by atoms with Crippen LogP contribution in [0.3, 0.4) is 0 Å². The molecule has 6 rings (SSSR count). The molecule has 1 unspecified atom stereocenters. The SMILES string of the molecule is CC1=NC=C(c2cc(-c3nn(-c4nc(C(=O)O)cs4)c(CC4CC4)c3Cc3ccc([SH+](N)=O)c(F)c3)ccc2F)C1.[OH-]. The van der Waals surface area contributed by atoms with Crippen LogP contribution in [0, 0.1) is 17.6 Å². The highest BCUT2D eigenvalue weighted by molar-refractivity contribution is 7.82. The minimum absolute atomic E-state index is 0. The topological polar surface area (TPSA) is 153 Å². The molecule has 13 heteroatoms. The third kappa shape index (κ3) is 5.86. The maximum Gasteiger partial charge on any atom is 0.355 e. The molecule has 2 aromatic carbocycles. The number of carbonyl (C=O) groups is 1. The van der Waals surface area contributed by atoms with Crippen LogP contribution in [-0.2, 0) is 28.0 Å². The summed E-state index contributed by atoms with van der Waals surface area (Å²) in [6.07, 6.45) is 5.28. The van der Waals surface area contributed by atoms with E-state index >= 15 is 4.39 Å². The number of allylic oxidation sites excluding steroid dienone is 1. The van der Waals surface area contributed by atoms with E-state index in [9.17, 15) is 18.5 Å². The predicted molar refractivity (Wildman–Crippen MR) is 157 cm³/mol. The molecular formula is C29H27F2N5O4S2. The summed E-state index contributed by atoms with van der Waals surface area (Å²) in [4.78, 5) is 20.1. The minimum atomic E-state index is -2.33. The number of thiazole rings is 1. The smallest absolute Gasteiger partial charge is 0.355 e. The van der Waals surface area contributed by atoms with Gasteiger partial charge in [0.2, 0.25) is 10.0 Å². The Morgan fingerprint density at radius 1 is 1.19 bits per heavy atom. The van der Waals surface area contributed by atoms with Gasteiger partial charge in [-0.05, 0) is 73.6 Å². The quantitative estimate of drug-likeness (QED) is 0.189. The fraction of sp³-hybridized carbons (Fsp3) is 0.241. The zero-order chi connectivity index (χ0) is 28.8. The second kappa shape index (κ2) is 11.8.